The molecule has 0 saturated carbocycles. The SMILES string of the molecule is [N-]=[N+]=N[C@H]1[C@@H](O)[C@H](n2cc(F)c(N)nc2=O)O[C@@H]1CO. The summed E-state index contributed by atoms with van der Waals surface area (Å²) in [7, 11) is 0. The van der Waals surface area contributed by atoms with Gasteiger partial charge in [-0.15, -0.1) is 0 Å². The molecule has 4 atom stereocenters. The van der Waals surface area contributed by atoms with Crippen LogP contribution in [0.3, 0.4) is 0 Å². The van der Waals surface area contributed by atoms with Crippen molar-refractivity contribution in [1.82, 2.24) is 9.55 Å². The van der Waals surface area contributed by atoms with Gasteiger partial charge in [0.1, 0.15) is 6.10 Å². The molecule has 2 rings (SSSR count). The number of azide groups is 1. The summed E-state index contributed by atoms with van der Waals surface area (Å²) in [5.41, 5.74) is 12.6. The minimum atomic E-state index is -1.44. The summed E-state index contributed by atoms with van der Waals surface area (Å²) in [5, 5.41) is 22.4. The van der Waals surface area contributed by atoms with Crippen LogP contribution >= 0.6 is 0 Å². The zero-order valence-electron chi connectivity index (χ0n) is 10.00. The fourth-order valence-corrected chi connectivity index (χ4v) is 1.95. The van der Waals surface area contributed by atoms with Crippen molar-refractivity contribution in [2.45, 2.75) is 24.5 Å². The van der Waals surface area contributed by atoms with Crippen LogP contribution in [0, 0.1) is 5.82 Å². The molecule has 1 aromatic heterocycles. The molecule has 0 spiro atoms. The lowest BCUT2D eigenvalue weighted by Crippen LogP contribution is -2.35. The van der Waals surface area contributed by atoms with Crippen LogP contribution in [0.5, 0.6) is 0 Å². The average molecular weight is 286 g/mol. The van der Waals surface area contributed by atoms with E-state index in [0.29, 0.717) is 4.57 Å². The van der Waals surface area contributed by atoms with Gasteiger partial charge in [0.2, 0.25) is 0 Å². The van der Waals surface area contributed by atoms with Crippen LogP contribution in [-0.2, 0) is 4.74 Å². The molecule has 0 unspecified atom stereocenters. The number of anilines is 1. The van der Waals surface area contributed by atoms with Crippen LogP contribution in [0.15, 0.2) is 16.1 Å². The van der Waals surface area contributed by atoms with Crippen molar-refractivity contribution in [3.05, 3.63) is 32.9 Å². The Morgan fingerprint density at radius 2 is 2.40 bits per heavy atom. The van der Waals surface area contributed by atoms with Crippen molar-refractivity contribution < 1.29 is 19.3 Å². The quantitative estimate of drug-likeness (QED) is 0.363. The Morgan fingerprint density at radius 3 is 3.00 bits per heavy atom. The van der Waals surface area contributed by atoms with Crippen LogP contribution in [0.1, 0.15) is 6.23 Å². The first kappa shape index (κ1) is 14.2. The monoisotopic (exact) mass is 286 g/mol. The second-order valence-electron chi connectivity index (χ2n) is 4.10. The molecule has 1 aromatic rings. The zero-order valence-corrected chi connectivity index (χ0v) is 10.00. The third-order valence-electron chi connectivity index (χ3n) is 2.91. The lowest BCUT2D eigenvalue weighted by Gasteiger charge is -2.17. The fourth-order valence-electron chi connectivity index (χ4n) is 1.95. The molecule has 0 bridgehead atoms. The number of nitrogen functional groups attached to an aromatic ring is 1. The average Bonchev–Trinajstić information content (AvgIpc) is 2.72. The van der Waals surface area contributed by atoms with Crippen molar-refractivity contribution in [1.29, 1.82) is 0 Å². The van der Waals surface area contributed by atoms with E-state index < -0.39 is 48.4 Å². The molecule has 0 aromatic carbocycles. The second-order valence-corrected chi connectivity index (χ2v) is 4.10. The van der Waals surface area contributed by atoms with Gasteiger partial charge in [-0.3, -0.25) is 4.57 Å². The van der Waals surface area contributed by atoms with E-state index in [1.807, 2.05) is 0 Å². The smallest absolute Gasteiger partial charge is 0.351 e. The topological polar surface area (TPSA) is 159 Å². The number of ether oxygens (including phenoxy) is 1. The van der Waals surface area contributed by atoms with Crippen LogP contribution < -0.4 is 11.4 Å². The van der Waals surface area contributed by atoms with Crippen LogP contribution in [0.4, 0.5) is 10.2 Å². The number of hydrogen-bond acceptors (Lipinski definition) is 7. The lowest BCUT2D eigenvalue weighted by atomic mass is 10.1. The second kappa shape index (κ2) is 5.43. The number of aliphatic hydroxyl groups excluding tert-OH is 2. The molecule has 0 radical (unpaired) electrons. The van der Waals surface area contributed by atoms with Gasteiger partial charge in [-0.05, 0) is 5.53 Å². The van der Waals surface area contributed by atoms with E-state index in [2.05, 4.69) is 15.0 Å². The number of aliphatic hydroxyl groups is 2. The highest BCUT2D eigenvalue weighted by molar-refractivity contribution is 5.26. The minimum absolute atomic E-state index is 0.545. The van der Waals surface area contributed by atoms with Crippen molar-refractivity contribution in [3.63, 3.8) is 0 Å². The Labute approximate surface area is 110 Å². The number of nitrogens with zero attached hydrogens (tertiary/aromatic N) is 5. The first-order valence-electron chi connectivity index (χ1n) is 5.52. The number of aromatic nitrogens is 2. The van der Waals surface area contributed by atoms with Crippen molar-refractivity contribution >= 4 is 5.82 Å². The molecule has 10 nitrogen and oxygen atoms in total. The van der Waals surface area contributed by atoms with Gasteiger partial charge in [-0.2, -0.15) is 4.98 Å². The molecule has 1 aliphatic heterocycles. The maximum atomic E-state index is 13.3. The summed E-state index contributed by atoms with van der Waals surface area (Å²) < 4.78 is 19.2. The summed E-state index contributed by atoms with van der Waals surface area (Å²) in [4.78, 5) is 17.4. The van der Waals surface area contributed by atoms with E-state index in [9.17, 15) is 14.3 Å². The summed E-state index contributed by atoms with van der Waals surface area (Å²) in [6.07, 6.45) is -3.06. The summed E-state index contributed by atoms with van der Waals surface area (Å²) in [5.74, 6) is -1.54. The maximum Gasteiger partial charge on any atom is 0.351 e. The number of hydrogen-bond donors (Lipinski definition) is 3. The van der Waals surface area contributed by atoms with Gasteiger partial charge in [0.25, 0.3) is 0 Å². The van der Waals surface area contributed by atoms with Crippen molar-refractivity contribution in [2.24, 2.45) is 5.11 Å². The molecular weight excluding hydrogens is 275 g/mol. The van der Waals surface area contributed by atoms with E-state index >= 15 is 0 Å². The van der Waals surface area contributed by atoms with Gasteiger partial charge in [0.15, 0.2) is 17.9 Å². The summed E-state index contributed by atoms with van der Waals surface area (Å²) >= 11 is 0. The van der Waals surface area contributed by atoms with Crippen LogP contribution in [0.25, 0.3) is 10.4 Å². The lowest BCUT2D eigenvalue weighted by molar-refractivity contribution is -0.0535. The predicted molar refractivity (Wildman–Crippen MR) is 62.8 cm³/mol. The van der Waals surface area contributed by atoms with Crippen LogP contribution in [-0.4, -0.2) is 44.6 Å². The van der Waals surface area contributed by atoms with Gasteiger partial charge in [-0.1, -0.05) is 5.11 Å². The third kappa shape index (κ3) is 2.30. The first-order chi connectivity index (χ1) is 9.49. The molecule has 4 N–H and O–H groups in total. The molecule has 0 aliphatic carbocycles. The van der Waals surface area contributed by atoms with E-state index in [4.69, 9.17) is 21.1 Å². The predicted octanol–water partition coefficient (Wildman–Crippen LogP) is -1.11. The molecule has 2 heterocycles. The van der Waals surface area contributed by atoms with Gasteiger partial charge in [-0.25, -0.2) is 9.18 Å². The third-order valence-corrected chi connectivity index (χ3v) is 2.91. The van der Waals surface area contributed by atoms with Gasteiger partial charge in [0, 0.05) is 4.91 Å². The Hall–Kier alpha value is -2.20. The zero-order chi connectivity index (χ0) is 14.9. The highest BCUT2D eigenvalue weighted by Gasteiger charge is 2.44. The van der Waals surface area contributed by atoms with Gasteiger partial charge < -0.3 is 20.7 Å². The van der Waals surface area contributed by atoms with Crippen molar-refractivity contribution in [3.8, 4) is 0 Å². The van der Waals surface area contributed by atoms with Gasteiger partial charge in [0.05, 0.1) is 24.9 Å². The number of nitrogens with two attached hydrogens (primary N) is 1. The molecule has 11 heteroatoms. The highest BCUT2D eigenvalue weighted by Crippen LogP contribution is 2.30. The Balaban J connectivity index is 2.41. The molecule has 1 saturated heterocycles. The van der Waals surface area contributed by atoms with E-state index in [0.717, 1.165) is 6.20 Å². The minimum Gasteiger partial charge on any atom is -0.394 e. The normalized spacial score (nSPS) is 29.1. The fraction of sp³-hybridized carbons (Fsp3) is 0.556. The van der Waals surface area contributed by atoms with E-state index in [-0.39, 0.29) is 0 Å². The largest absolute Gasteiger partial charge is 0.394 e. The maximum absolute atomic E-state index is 13.3. The van der Waals surface area contributed by atoms with E-state index in [1.54, 1.807) is 0 Å². The summed E-state index contributed by atoms with van der Waals surface area (Å²) in [6.45, 7) is -0.545. The highest BCUT2D eigenvalue weighted by atomic mass is 19.1. The Morgan fingerprint density at radius 1 is 1.70 bits per heavy atom. The molecule has 20 heavy (non-hydrogen) atoms. The molecular formula is C9H11FN6O4. The summed E-state index contributed by atoms with van der Waals surface area (Å²) in [6, 6.07) is -1.11. The number of halogens is 1. The standard InChI is InChI=1S/C9H11FN6O4/c10-3-1-16(9(19)13-7(3)11)8-6(18)5(14-15-12)4(2-17)20-8/h1,4-6,8,17-18H,2H2,(H2,11,13,19)/t4-,5-,6-,8-/m1/s1. The van der Waals surface area contributed by atoms with Crippen LogP contribution in [0.2, 0.25) is 0 Å². The number of rotatable bonds is 3. The molecule has 1 aliphatic rings. The molecule has 0 amide bonds. The Bertz CT molecular complexity index is 615. The molecule has 108 valence electrons. The van der Waals surface area contributed by atoms with Crippen molar-refractivity contribution in [2.75, 3.05) is 12.3 Å². The Kier molecular flexibility index (Phi) is 3.86. The molecule has 1 fully saturated rings. The van der Waals surface area contributed by atoms with E-state index in [1.165, 1.54) is 0 Å². The van der Waals surface area contributed by atoms with Gasteiger partial charge >= 0.3 is 5.69 Å². The first-order valence-corrected chi connectivity index (χ1v) is 5.52.